The summed E-state index contributed by atoms with van der Waals surface area (Å²) in [4.78, 5) is 2.21. The lowest BCUT2D eigenvalue weighted by atomic mass is 9.86. The minimum atomic E-state index is -0.323. The van der Waals surface area contributed by atoms with Crippen molar-refractivity contribution < 1.29 is 4.39 Å². The average molecular weight is 287 g/mol. The molecule has 0 radical (unpaired) electrons. The Kier molecular flexibility index (Phi) is 5.36. The molecule has 2 atom stereocenters. The molecule has 0 amide bonds. The maximum atomic E-state index is 13.1. The van der Waals surface area contributed by atoms with Crippen molar-refractivity contribution in [3.8, 4) is 0 Å². The quantitative estimate of drug-likeness (QED) is 0.911. The van der Waals surface area contributed by atoms with Crippen molar-refractivity contribution in [1.82, 2.24) is 4.90 Å². The molecule has 0 spiro atoms. The largest absolute Gasteiger partial charge is 0.329 e. The molecule has 19 heavy (non-hydrogen) atoms. The molecule has 2 nitrogen and oxygen atoms in total. The van der Waals surface area contributed by atoms with E-state index in [1.807, 2.05) is 7.05 Å². The van der Waals surface area contributed by atoms with Crippen LogP contribution < -0.4 is 5.73 Å². The topological polar surface area (TPSA) is 29.3 Å². The molecule has 2 unspecified atom stereocenters. The first-order valence-corrected chi connectivity index (χ1v) is 6.93. The molecule has 0 aliphatic heterocycles. The summed E-state index contributed by atoms with van der Waals surface area (Å²) < 4.78 is 13.1. The van der Waals surface area contributed by atoms with E-state index < -0.39 is 0 Å². The van der Waals surface area contributed by atoms with Crippen molar-refractivity contribution >= 4 is 11.6 Å². The Balaban J connectivity index is 3.06. The van der Waals surface area contributed by atoms with E-state index in [2.05, 4.69) is 32.6 Å². The smallest absolute Gasteiger partial charge is 0.124 e. The number of nitrogens with zero attached hydrogens (tertiary/aromatic N) is 1. The third kappa shape index (κ3) is 3.91. The number of hydrogen-bond acceptors (Lipinski definition) is 2. The van der Waals surface area contributed by atoms with Gasteiger partial charge in [-0.25, -0.2) is 4.39 Å². The molecule has 1 aromatic carbocycles. The van der Waals surface area contributed by atoms with Crippen LogP contribution in [0.25, 0.3) is 0 Å². The Morgan fingerprint density at radius 2 is 1.95 bits per heavy atom. The van der Waals surface area contributed by atoms with Crippen LogP contribution in [0.5, 0.6) is 0 Å². The molecule has 0 aliphatic carbocycles. The first-order chi connectivity index (χ1) is 8.68. The van der Waals surface area contributed by atoms with E-state index in [9.17, 15) is 4.39 Å². The number of halogens is 2. The molecule has 0 saturated carbocycles. The van der Waals surface area contributed by atoms with Crippen molar-refractivity contribution in [2.24, 2.45) is 11.1 Å². The summed E-state index contributed by atoms with van der Waals surface area (Å²) in [5.74, 6) is -0.323. The third-order valence-corrected chi connectivity index (χ3v) is 4.23. The van der Waals surface area contributed by atoms with E-state index >= 15 is 0 Å². The molecule has 1 rings (SSSR count). The summed E-state index contributed by atoms with van der Waals surface area (Å²) in [5, 5.41) is 0.434. The summed E-state index contributed by atoms with van der Waals surface area (Å²) in [5.41, 5.74) is 6.91. The Bertz CT molecular complexity index is 429. The van der Waals surface area contributed by atoms with E-state index in [4.69, 9.17) is 17.3 Å². The van der Waals surface area contributed by atoms with E-state index in [1.54, 1.807) is 6.07 Å². The van der Waals surface area contributed by atoms with Gasteiger partial charge in [-0.1, -0.05) is 38.4 Å². The van der Waals surface area contributed by atoms with E-state index in [-0.39, 0.29) is 17.3 Å². The third-order valence-electron chi connectivity index (χ3n) is 3.90. The standard InChI is InChI=1S/C15H24ClFN2/c1-10(15(2,3)4)19(5)14(9-18)12-7-6-11(17)8-13(12)16/h6-8,10,14H,9,18H2,1-5H3. The molecule has 108 valence electrons. The molecule has 0 bridgehead atoms. The van der Waals surface area contributed by atoms with Gasteiger partial charge in [0.1, 0.15) is 5.82 Å². The lowest BCUT2D eigenvalue weighted by Crippen LogP contribution is -2.43. The Labute approximate surface area is 120 Å². The lowest BCUT2D eigenvalue weighted by Gasteiger charge is -2.40. The first-order valence-electron chi connectivity index (χ1n) is 6.55. The first kappa shape index (κ1) is 16.4. The van der Waals surface area contributed by atoms with E-state index in [0.29, 0.717) is 17.6 Å². The SMILES string of the molecule is CC(N(C)C(CN)c1ccc(F)cc1Cl)C(C)(C)C. The zero-order valence-corrected chi connectivity index (χ0v) is 13.1. The van der Waals surface area contributed by atoms with Crippen molar-refractivity contribution in [3.63, 3.8) is 0 Å². The predicted octanol–water partition coefficient (Wildman–Crippen LogP) is 3.85. The molecule has 4 heteroatoms. The van der Waals surface area contributed by atoms with E-state index in [1.165, 1.54) is 12.1 Å². The zero-order chi connectivity index (χ0) is 14.8. The van der Waals surface area contributed by atoms with Crippen LogP contribution in [0.3, 0.4) is 0 Å². The predicted molar refractivity (Wildman–Crippen MR) is 79.9 cm³/mol. The maximum Gasteiger partial charge on any atom is 0.124 e. The lowest BCUT2D eigenvalue weighted by molar-refractivity contribution is 0.100. The van der Waals surface area contributed by atoms with Crippen molar-refractivity contribution in [1.29, 1.82) is 0 Å². The van der Waals surface area contributed by atoms with Crippen LogP contribution in [-0.2, 0) is 0 Å². The van der Waals surface area contributed by atoms with Gasteiger partial charge in [-0.15, -0.1) is 0 Å². The summed E-state index contributed by atoms with van der Waals surface area (Å²) in [7, 11) is 2.03. The van der Waals surface area contributed by atoms with Gasteiger partial charge in [0.25, 0.3) is 0 Å². The van der Waals surface area contributed by atoms with Gasteiger partial charge in [0.05, 0.1) is 0 Å². The highest BCUT2D eigenvalue weighted by atomic mass is 35.5. The number of likely N-dealkylation sites (N-methyl/N-ethyl adjacent to an activating group) is 1. The van der Waals surface area contributed by atoms with Gasteiger partial charge in [0.15, 0.2) is 0 Å². The van der Waals surface area contributed by atoms with Crippen LogP contribution in [0.1, 0.15) is 39.3 Å². The molecule has 0 heterocycles. The van der Waals surface area contributed by atoms with Crippen LogP contribution >= 0.6 is 11.6 Å². The minimum Gasteiger partial charge on any atom is -0.329 e. The number of nitrogens with two attached hydrogens (primary N) is 1. The van der Waals surface area contributed by atoms with Gasteiger partial charge in [-0.3, -0.25) is 4.90 Å². The van der Waals surface area contributed by atoms with Gasteiger partial charge >= 0.3 is 0 Å². The van der Waals surface area contributed by atoms with Gasteiger partial charge < -0.3 is 5.73 Å². The second-order valence-corrected chi connectivity index (χ2v) is 6.53. The second-order valence-electron chi connectivity index (χ2n) is 6.12. The highest BCUT2D eigenvalue weighted by Crippen LogP contribution is 2.32. The Morgan fingerprint density at radius 1 is 1.37 bits per heavy atom. The van der Waals surface area contributed by atoms with Crippen LogP contribution in [0.2, 0.25) is 5.02 Å². The van der Waals surface area contributed by atoms with Crippen molar-refractivity contribution in [2.75, 3.05) is 13.6 Å². The van der Waals surface area contributed by atoms with Crippen LogP contribution in [0, 0.1) is 11.2 Å². The number of rotatable bonds is 4. The maximum absolute atomic E-state index is 13.1. The van der Waals surface area contributed by atoms with Crippen molar-refractivity contribution in [3.05, 3.63) is 34.6 Å². The highest BCUT2D eigenvalue weighted by Gasteiger charge is 2.29. The van der Waals surface area contributed by atoms with Gasteiger partial charge in [0, 0.05) is 23.7 Å². The van der Waals surface area contributed by atoms with Crippen LogP contribution in [0.15, 0.2) is 18.2 Å². The van der Waals surface area contributed by atoms with E-state index in [0.717, 1.165) is 5.56 Å². The molecular weight excluding hydrogens is 263 g/mol. The molecule has 1 aromatic rings. The molecule has 0 aliphatic rings. The number of benzene rings is 1. The molecule has 0 aromatic heterocycles. The fraction of sp³-hybridized carbons (Fsp3) is 0.600. The summed E-state index contributed by atoms with van der Waals surface area (Å²) in [6.45, 7) is 9.18. The Morgan fingerprint density at radius 3 is 2.37 bits per heavy atom. The molecule has 0 saturated heterocycles. The second kappa shape index (κ2) is 6.21. The van der Waals surface area contributed by atoms with Gasteiger partial charge in [-0.05, 0) is 37.1 Å². The fourth-order valence-corrected chi connectivity index (χ4v) is 2.46. The monoisotopic (exact) mass is 286 g/mol. The highest BCUT2D eigenvalue weighted by molar-refractivity contribution is 6.31. The van der Waals surface area contributed by atoms with Gasteiger partial charge in [-0.2, -0.15) is 0 Å². The normalized spacial score (nSPS) is 15.6. The van der Waals surface area contributed by atoms with Gasteiger partial charge in [0.2, 0.25) is 0 Å². The molecule has 2 N–H and O–H groups in total. The Hall–Kier alpha value is -0.640. The summed E-state index contributed by atoms with van der Waals surface area (Å²) in [6.07, 6.45) is 0. The van der Waals surface area contributed by atoms with Crippen LogP contribution in [0.4, 0.5) is 4.39 Å². The zero-order valence-electron chi connectivity index (χ0n) is 12.4. The fourth-order valence-electron chi connectivity index (χ4n) is 2.17. The van der Waals surface area contributed by atoms with Crippen molar-refractivity contribution in [2.45, 2.75) is 39.8 Å². The summed E-state index contributed by atoms with van der Waals surface area (Å²) in [6, 6.07) is 4.81. The minimum absolute atomic E-state index is 0.0117. The molecule has 0 fully saturated rings. The average Bonchev–Trinajstić information content (AvgIpc) is 2.30. The van der Waals surface area contributed by atoms with Crippen LogP contribution in [-0.4, -0.2) is 24.5 Å². The number of hydrogen-bond donors (Lipinski definition) is 1. The molecular formula is C15H24ClFN2. The summed E-state index contributed by atoms with van der Waals surface area (Å²) >= 11 is 6.14.